The number of carbonyl (C=O) groups is 1. The lowest BCUT2D eigenvalue weighted by molar-refractivity contribution is -0.138. The lowest BCUT2D eigenvalue weighted by Gasteiger charge is -2.36. The van der Waals surface area contributed by atoms with Gasteiger partial charge in [-0.25, -0.2) is 4.79 Å². The molecule has 0 aromatic heterocycles. The van der Waals surface area contributed by atoms with Gasteiger partial charge in [-0.05, 0) is 37.8 Å². The first-order valence-electron chi connectivity index (χ1n) is 7.22. The highest BCUT2D eigenvalue weighted by Crippen LogP contribution is 2.30. The van der Waals surface area contributed by atoms with E-state index in [1.165, 1.54) is 11.1 Å². The van der Waals surface area contributed by atoms with Crippen molar-refractivity contribution in [3.8, 4) is 0 Å². The quantitative estimate of drug-likeness (QED) is 0.883. The second-order valence-corrected chi connectivity index (χ2v) is 5.43. The van der Waals surface area contributed by atoms with Crippen molar-refractivity contribution in [1.82, 2.24) is 0 Å². The molecule has 0 amide bonds. The lowest BCUT2D eigenvalue weighted by atomic mass is 9.96. The second-order valence-electron chi connectivity index (χ2n) is 5.43. The van der Waals surface area contributed by atoms with Crippen LogP contribution in [0, 0.1) is 6.92 Å². The summed E-state index contributed by atoms with van der Waals surface area (Å²) in [6.07, 6.45) is 4.85. The molecule has 1 N–H and O–H groups in total. The van der Waals surface area contributed by atoms with Crippen LogP contribution in [0.15, 0.2) is 18.2 Å². The zero-order valence-electron chi connectivity index (χ0n) is 11.9. The van der Waals surface area contributed by atoms with Gasteiger partial charge in [0.15, 0.2) is 0 Å². The molecule has 0 saturated carbocycles. The number of anilines is 1. The number of fused-ring (bicyclic) bond motifs is 1. The number of nitrogens with zero attached hydrogens (tertiary/aromatic N) is 1. The molecule has 1 aromatic rings. The summed E-state index contributed by atoms with van der Waals surface area (Å²) < 4.78 is 0. The van der Waals surface area contributed by atoms with Crippen molar-refractivity contribution in [3.63, 3.8) is 0 Å². The number of hydrogen-bond acceptors (Lipinski definition) is 2. The van der Waals surface area contributed by atoms with Crippen LogP contribution in [0.25, 0.3) is 0 Å². The van der Waals surface area contributed by atoms with E-state index in [1.807, 2.05) is 0 Å². The third kappa shape index (κ3) is 3.09. The molecule has 19 heavy (non-hydrogen) atoms. The third-order valence-corrected chi connectivity index (χ3v) is 3.88. The molecule has 0 saturated heterocycles. The standard InChI is InChI=1S/C16H23NO2/c1-3-4-7-15(16(18)19)17-10-5-6-13-11-12(2)8-9-14(13)17/h8-9,11,15H,3-7,10H2,1-2H3,(H,18,19). The van der Waals surface area contributed by atoms with Crippen LogP contribution in [0.3, 0.4) is 0 Å². The molecule has 0 fully saturated rings. The maximum Gasteiger partial charge on any atom is 0.326 e. The first kappa shape index (κ1) is 13.9. The maximum absolute atomic E-state index is 11.5. The number of aryl methyl sites for hydroxylation is 2. The summed E-state index contributed by atoms with van der Waals surface area (Å²) in [5.74, 6) is -0.693. The van der Waals surface area contributed by atoms with E-state index in [2.05, 4.69) is 36.9 Å². The van der Waals surface area contributed by atoms with Crippen LogP contribution in [0.1, 0.15) is 43.7 Å². The van der Waals surface area contributed by atoms with Gasteiger partial charge in [-0.3, -0.25) is 0 Å². The number of aliphatic carboxylic acids is 1. The largest absolute Gasteiger partial charge is 0.480 e. The van der Waals surface area contributed by atoms with Gasteiger partial charge < -0.3 is 10.0 Å². The van der Waals surface area contributed by atoms with Crippen molar-refractivity contribution in [2.24, 2.45) is 0 Å². The van der Waals surface area contributed by atoms with Crippen molar-refractivity contribution in [2.75, 3.05) is 11.4 Å². The van der Waals surface area contributed by atoms with Crippen molar-refractivity contribution in [2.45, 2.75) is 52.0 Å². The Bertz CT molecular complexity index is 456. The highest BCUT2D eigenvalue weighted by Gasteiger charge is 2.28. The van der Waals surface area contributed by atoms with Crippen LogP contribution in [-0.2, 0) is 11.2 Å². The highest BCUT2D eigenvalue weighted by atomic mass is 16.4. The first-order valence-corrected chi connectivity index (χ1v) is 7.22. The Morgan fingerprint density at radius 2 is 2.26 bits per heavy atom. The lowest BCUT2D eigenvalue weighted by Crippen LogP contribution is -2.44. The van der Waals surface area contributed by atoms with Gasteiger partial charge >= 0.3 is 5.97 Å². The summed E-state index contributed by atoms with van der Waals surface area (Å²) >= 11 is 0. The molecule has 1 aromatic carbocycles. The minimum Gasteiger partial charge on any atom is -0.480 e. The molecule has 3 nitrogen and oxygen atoms in total. The van der Waals surface area contributed by atoms with Crippen molar-refractivity contribution < 1.29 is 9.90 Å². The van der Waals surface area contributed by atoms with Gasteiger partial charge in [-0.1, -0.05) is 37.5 Å². The van der Waals surface area contributed by atoms with Gasteiger partial charge in [0, 0.05) is 12.2 Å². The average molecular weight is 261 g/mol. The number of carboxylic acid groups (broad SMARTS) is 1. The van der Waals surface area contributed by atoms with Crippen LogP contribution in [0.4, 0.5) is 5.69 Å². The van der Waals surface area contributed by atoms with E-state index in [1.54, 1.807) is 0 Å². The smallest absolute Gasteiger partial charge is 0.326 e. The van der Waals surface area contributed by atoms with Gasteiger partial charge in [0.05, 0.1) is 0 Å². The Hall–Kier alpha value is -1.51. The van der Waals surface area contributed by atoms with Crippen LogP contribution in [0.5, 0.6) is 0 Å². The number of unbranched alkanes of at least 4 members (excludes halogenated alkanes) is 1. The van der Waals surface area contributed by atoms with Gasteiger partial charge in [-0.2, -0.15) is 0 Å². The van der Waals surface area contributed by atoms with E-state index >= 15 is 0 Å². The fraction of sp³-hybridized carbons (Fsp3) is 0.562. The summed E-state index contributed by atoms with van der Waals surface area (Å²) in [6.45, 7) is 5.05. The normalized spacial score (nSPS) is 16.0. The molecule has 0 aliphatic carbocycles. The second kappa shape index (κ2) is 6.09. The van der Waals surface area contributed by atoms with Crippen molar-refractivity contribution in [3.05, 3.63) is 29.3 Å². The number of rotatable bonds is 5. The molecule has 0 bridgehead atoms. The first-order chi connectivity index (χ1) is 9.13. The molecule has 1 aliphatic rings. The zero-order valence-corrected chi connectivity index (χ0v) is 11.9. The predicted molar refractivity (Wildman–Crippen MR) is 77.8 cm³/mol. The summed E-state index contributed by atoms with van der Waals surface area (Å²) in [5.41, 5.74) is 3.68. The highest BCUT2D eigenvalue weighted by molar-refractivity contribution is 5.79. The molecule has 0 spiro atoms. The fourth-order valence-electron chi connectivity index (χ4n) is 2.89. The Morgan fingerprint density at radius 1 is 1.47 bits per heavy atom. The minimum absolute atomic E-state index is 0.373. The van der Waals surface area contributed by atoms with E-state index < -0.39 is 5.97 Å². The predicted octanol–water partition coefficient (Wildman–Crippen LogP) is 3.39. The van der Waals surface area contributed by atoms with E-state index in [0.717, 1.165) is 44.3 Å². The third-order valence-electron chi connectivity index (χ3n) is 3.88. The Morgan fingerprint density at radius 3 is 2.95 bits per heavy atom. The van der Waals surface area contributed by atoms with Crippen LogP contribution >= 0.6 is 0 Å². The number of hydrogen-bond donors (Lipinski definition) is 1. The minimum atomic E-state index is -0.693. The van der Waals surface area contributed by atoms with Crippen molar-refractivity contribution >= 4 is 11.7 Å². The summed E-state index contributed by atoms with van der Waals surface area (Å²) in [4.78, 5) is 13.6. The van der Waals surface area contributed by atoms with Gasteiger partial charge in [-0.15, -0.1) is 0 Å². The zero-order chi connectivity index (χ0) is 13.8. The Balaban J connectivity index is 2.27. The van der Waals surface area contributed by atoms with Crippen LogP contribution in [-0.4, -0.2) is 23.7 Å². The molecular weight excluding hydrogens is 238 g/mol. The Labute approximate surface area is 115 Å². The Kier molecular flexibility index (Phi) is 4.46. The van der Waals surface area contributed by atoms with E-state index in [9.17, 15) is 9.90 Å². The molecule has 1 unspecified atom stereocenters. The van der Waals surface area contributed by atoms with Gasteiger partial charge in [0.2, 0.25) is 0 Å². The molecule has 1 atom stereocenters. The molecule has 104 valence electrons. The molecule has 1 heterocycles. The number of carboxylic acids is 1. The monoisotopic (exact) mass is 261 g/mol. The van der Waals surface area contributed by atoms with Gasteiger partial charge in [0.1, 0.15) is 6.04 Å². The van der Waals surface area contributed by atoms with Gasteiger partial charge in [0.25, 0.3) is 0 Å². The topological polar surface area (TPSA) is 40.5 Å². The molecule has 0 radical (unpaired) electrons. The molecular formula is C16H23NO2. The maximum atomic E-state index is 11.5. The summed E-state index contributed by atoms with van der Waals surface area (Å²) in [5, 5.41) is 9.49. The molecule has 2 rings (SSSR count). The number of benzene rings is 1. The van der Waals surface area contributed by atoms with Crippen LogP contribution < -0.4 is 4.90 Å². The SMILES string of the molecule is CCCCC(C(=O)O)N1CCCc2cc(C)ccc21. The summed E-state index contributed by atoms with van der Waals surface area (Å²) in [6, 6.07) is 5.99. The fourth-order valence-corrected chi connectivity index (χ4v) is 2.89. The van der Waals surface area contributed by atoms with Crippen molar-refractivity contribution in [1.29, 1.82) is 0 Å². The average Bonchev–Trinajstić information content (AvgIpc) is 2.38. The molecule has 3 heteroatoms. The summed E-state index contributed by atoms with van der Waals surface area (Å²) in [7, 11) is 0. The van der Waals surface area contributed by atoms with Crippen LogP contribution in [0.2, 0.25) is 0 Å². The van der Waals surface area contributed by atoms with E-state index in [4.69, 9.17) is 0 Å². The molecule has 1 aliphatic heterocycles. The van der Waals surface area contributed by atoms with E-state index in [-0.39, 0.29) is 6.04 Å². The van der Waals surface area contributed by atoms with E-state index in [0.29, 0.717) is 0 Å².